The second kappa shape index (κ2) is 6.81. The van der Waals surface area contributed by atoms with Crippen molar-refractivity contribution in [2.75, 3.05) is 0 Å². The van der Waals surface area contributed by atoms with Gasteiger partial charge in [0.15, 0.2) is 0 Å². The van der Waals surface area contributed by atoms with Crippen molar-refractivity contribution in [1.29, 1.82) is 0 Å². The summed E-state index contributed by atoms with van der Waals surface area (Å²) in [5, 5.41) is 13.6. The summed E-state index contributed by atoms with van der Waals surface area (Å²) in [7, 11) is 0. The normalized spacial score (nSPS) is 10.2. The average Bonchev–Trinajstić information content (AvgIpc) is 2.96. The largest absolute Gasteiger partial charge is 0.478 e. The number of carboxylic acid groups (broad SMARTS) is 1. The van der Waals surface area contributed by atoms with Crippen molar-refractivity contribution in [1.82, 2.24) is 10.3 Å². The third-order valence-electron chi connectivity index (χ3n) is 2.76. The molecule has 1 amide bonds. The van der Waals surface area contributed by atoms with Gasteiger partial charge in [-0.3, -0.25) is 4.79 Å². The van der Waals surface area contributed by atoms with Gasteiger partial charge in [0, 0.05) is 18.3 Å². The summed E-state index contributed by atoms with van der Waals surface area (Å²) >= 11 is 1.51. The van der Waals surface area contributed by atoms with E-state index in [1.807, 2.05) is 5.38 Å². The lowest BCUT2D eigenvalue weighted by Gasteiger charge is -2.05. The van der Waals surface area contributed by atoms with Crippen molar-refractivity contribution in [3.63, 3.8) is 0 Å². The number of nitrogens with one attached hydrogen (secondary N) is 1. The number of nitrogens with zero attached hydrogens (tertiary/aromatic N) is 1. The Bertz CT molecular complexity index is 596. The fraction of sp³-hybridized carbons (Fsp3) is 0.214. The quantitative estimate of drug-likeness (QED) is 0.853. The van der Waals surface area contributed by atoms with E-state index in [4.69, 9.17) is 5.11 Å². The highest BCUT2D eigenvalue weighted by atomic mass is 32.1. The minimum atomic E-state index is -0.971. The number of carbonyl (C=O) groups is 2. The molecule has 0 aliphatic heterocycles. The van der Waals surface area contributed by atoms with Crippen LogP contribution < -0.4 is 5.32 Å². The molecule has 1 aromatic heterocycles. The highest BCUT2D eigenvalue weighted by Gasteiger charge is 2.06. The topological polar surface area (TPSA) is 79.3 Å². The number of carbonyl (C=O) groups excluding carboxylic acids is 1. The molecule has 20 heavy (non-hydrogen) atoms. The van der Waals surface area contributed by atoms with Crippen LogP contribution in [0, 0.1) is 0 Å². The number of rotatable bonds is 6. The van der Waals surface area contributed by atoms with Crippen LogP contribution in [0.25, 0.3) is 0 Å². The Kier molecular flexibility index (Phi) is 4.84. The second-order valence-electron chi connectivity index (χ2n) is 4.26. The highest BCUT2D eigenvalue weighted by Crippen LogP contribution is 2.06. The number of hydrogen-bond donors (Lipinski definition) is 2. The first kappa shape index (κ1) is 14.2. The SMILES string of the molecule is O=C(CCc1cscn1)NCc1cccc(C(=O)O)c1. The van der Waals surface area contributed by atoms with Crippen LogP contribution >= 0.6 is 11.3 Å². The predicted molar refractivity (Wildman–Crippen MR) is 75.7 cm³/mol. The fourth-order valence-corrected chi connectivity index (χ4v) is 2.30. The first-order valence-electron chi connectivity index (χ1n) is 6.11. The number of hydrogen-bond acceptors (Lipinski definition) is 4. The molecule has 2 aromatic rings. The van der Waals surface area contributed by atoms with Gasteiger partial charge < -0.3 is 10.4 Å². The van der Waals surface area contributed by atoms with Crippen LogP contribution in [0.5, 0.6) is 0 Å². The first-order valence-corrected chi connectivity index (χ1v) is 7.05. The molecule has 1 aromatic carbocycles. The van der Waals surface area contributed by atoms with E-state index in [1.54, 1.807) is 23.7 Å². The standard InChI is InChI=1S/C14H14N2O3S/c17-13(5-4-12-8-20-9-16-12)15-7-10-2-1-3-11(6-10)14(18)19/h1-3,6,8-9H,4-5,7H2,(H,15,17)(H,18,19). The van der Waals surface area contributed by atoms with Crippen molar-refractivity contribution in [3.05, 3.63) is 52.0 Å². The van der Waals surface area contributed by atoms with Gasteiger partial charge in [0.25, 0.3) is 0 Å². The summed E-state index contributed by atoms with van der Waals surface area (Å²) in [6, 6.07) is 6.53. The van der Waals surface area contributed by atoms with Gasteiger partial charge in [-0.25, -0.2) is 9.78 Å². The Morgan fingerprint density at radius 2 is 2.20 bits per heavy atom. The molecule has 1 heterocycles. The van der Waals surface area contributed by atoms with Crippen LogP contribution in [-0.2, 0) is 17.8 Å². The first-order chi connectivity index (χ1) is 9.65. The minimum Gasteiger partial charge on any atom is -0.478 e. The van der Waals surface area contributed by atoms with E-state index in [0.29, 0.717) is 19.4 Å². The maximum Gasteiger partial charge on any atom is 0.335 e. The zero-order chi connectivity index (χ0) is 14.4. The third-order valence-corrected chi connectivity index (χ3v) is 3.39. The van der Waals surface area contributed by atoms with Crippen LogP contribution in [0.4, 0.5) is 0 Å². The van der Waals surface area contributed by atoms with Gasteiger partial charge in [-0.05, 0) is 24.1 Å². The number of thiazole rings is 1. The molecule has 5 nitrogen and oxygen atoms in total. The summed E-state index contributed by atoms with van der Waals surface area (Å²) < 4.78 is 0. The molecular weight excluding hydrogens is 276 g/mol. The van der Waals surface area contributed by atoms with Crippen molar-refractivity contribution in [2.45, 2.75) is 19.4 Å². The van der Waals surface area contributed by atoms with E-state index in [0.717, 1.165) is 11.3 Å². The number of carboxylic acids is 1. The van der Waals surface area contributed by atoms with Gasteiger partial charge in [0.05, 0.1) is 16.8 Å². The molecule has 0 saturated heterocycles. The Morgan fingerprint density at radius 3 is 2.90 bits per heavy atom. The van der Waals surface area contributed by atoms with E-state index in [9.17, 15) is 9.59 Å². The average molecular weight is 290 g/mol. The zero-order valence-electron chi connectivity index (χ0n) is 10.7. The van der Waals surface area contributed by atoms with Gasteiger partial charge in [-0.1, -0.05) is 12.1 Å². The van der Waals surface area contributed by atoms with Crippen molar-refractivity contribution >= 4 is 23.2 Å². The molecule has 0 fully saturated rings. The van der Waals surface area contributed by atoms with Crippen molar-refractivity contribution in [2.24, 2.45) is 0 Å². The molecule has 104 valence electrons. The molecule has 6 heteroatoms. The van der Waals surface area contributed by atoms with Crippen LogP contribution in [-0.4, -0.2) is 22.0 Å². The molecule has 2 N–H and O–H groups in total. The number of aromatic carboxylic acids is 1. The Balaban J connectivity index is 1.81. The van der Waals surface area contributed by atoms with E-state index in [2.05, 4.69) is 10.3 Å². The number of benzene rings is 1. The fourth-order valence-electron chi connectivity index (χ4n) is 1.71. The molecule has 0 aliphatic carbocycles. The van der Waals surface area contributed by atoms with Gasteiger partial charge in [0.2, 0.25) is 5.91 Å². The molecular formula is C14H14N2O3S. The summed E-state index contributed by atoms with van der Waals surface area (Å²) in [6.45, 7) is 0.330. The van der Waals surface area contributed by atoms with E-state index < -0.39 is 5.97 Å². The Hall–Kier alpha value is -2.21. The lowest BCUT2D eigenvalue weighted by atomic mass is 10.1. The molecule has 0 radical (unpaired) electrons. The van der Waals surface area contributed by atoms with Crippen LogP contribution in [0.2, 0.25) is 0 Å². The maximum atomic E-state index is 11.7. The molecule has 0 unspecified atom stereocenters. The van der Waals surface area contributed by atoms with Gasteiger partial charge in [-0.15, -0.1) is 11.3 Å². The van der Waals surface area contributed by atoms with E-state index in [-0.39, 0.29) is 11.5 Å². The zero-order valence-corrected chi connectivity index (χ0v) is 11.5. The molecule has 0 saturated carbocycles. The molecule has 0 bridgehead atoms. The summed E-state index contributed by atoms with van der Waals surface area (Å²) in [5.74, 6) is -1.04. The smallest absolute Gasteiger partial charge is 0.335 e. The number of aromatic nitrogens is 1. The van der Waals surface area contributed by atoms with Crippen LogP contribution in [0.3, 0.4) is 0 Å². The molecule has 0 spiro atoms. The van der Waals surface area contributed by atoms with Crippen LogP contribution in [0.15, 0.2) is 35.2 Å². The molecule has 0 aliphatic rings. The van der Waals surface area contributed by atoms with Gasteiger partial charge in [0.1, 0.15) is 0 Å². The van der Waals surface area contributed by atoms with Gasteiger partial charge >= 0.3 is 5.97 Å². The van der Waals surface area contributed by atoms with Crippen molar-refractivity contribution in [3.8, 4) is 0 Å². The lowest BCUT2D eigenvalue weighted by molar-refractivity contribution is -0.121. The Labute approximate surface area is 120 Å². The third kappa shape index (κ3) is 4.17. The molecule has 2 rings (SSSR count). The summed E-state index contributed by atoms with van der Waals surface area (Å²) in [5.41, 5.74) is 3.65. The van der Waals surface area contributed by atoms with Gasteiger partial charge in [-0.2, -0.15) is 0 Å². The summed E-state index contributed by atoms with van der Waals surface area (Å²) in [6.07, 6.45) is 0.993. The summed E-state index contributed by atoms with van der Waals surface area (Å²) in [4.78, 5) is 26.6. The highest BCUT2D eigenvalue weighted by molar-refractivity contribution is 7.07. The number of amides is 1. The predicted octanol–water partition coefficient (Wildman–Crippen LogP) is 2.09. The molecule has 0 atom stereocenters. The monoisotopic (exact) mass is 290 g/mol. The lowest BCUT2D eigenvalue weighted by Crippen LogP contribution is -2.23. The van der Waals surface area contributed by atoms with E-state index in [1.165, 1.54) is 17.4 Å². The number of aryl methyl sites for hydroxylation is 1. The van der Waals surface area contributed by atoms with Crippen LogP contribution in [0.1, 0.15) is 28.0 Å². The van der Waals surface area contributed by atoms with E-state index >= 15 is 0 Å². The Morgan fingerprint density at radius 1 is 1.35 bits per heavy atom. The minimum absolute atomic E-state index is 0.0706. The second-order valence-corrected chi connectivity index (χ2v) is 4.98. The maximum absolute atomic E-state index is 11.7. The van der Waals surface area contributed by atoms with Crippen molar-refractivity contribution < 1.29 is 14.7 Å².